The Morgan fingerprint density at radius 1 is 1.34 bits per heavy atom. The Morgan fingerprint density at radius 3 is 2.59 bits per heavy atom. The molecule has 1 aromatic carbocycles. The number of rotatable bonds is 5. The van der Waals surface area contributed by atoms with Crippen molar-refractivity contribution in [1.82, 2.24) is 20.7 Å². The number of ether oxygens (including phenoxy) is 1. The van der Waals surface area contributed by atoms with Gasteiger partial charge in [-0.25, -0.2) is 9.98 Å². The van der Waals surface area contributed by atoms with Gasteiger partial charge in [0.2, 0.25) is 0 Å². The maximum atomic E-state index is 6.03. The molecule has 2 heterocycles. The van der Waals surface area contributed by atoms with Crippen LogP contribution in [0, 0.1) is 0 Å². The van der Waals surface area contributed by atoms with Crippen molar-refractivity contribution < 1.29 is 4.74 Å². The molecule has 3 rings (SSSR count). The fraction of sp³-hybridized carbons (Fsp3) is 0.500. The van der Waals surface area contributed by atoms with Gasteiger partial charge in [-0.15, -0.1) is 0 Å². The van der Waals surface area contributed by atoms with Crippen LogP contribution in [0.3, 0.4) is 0 Å². The van der Waals surface area contributed by atoms with Crippen molar-refractivity contribution in [2.24, 2.45) is 15.7 Å². The average molecular weight is 444 g/mol. The SMILES string of the molecule is C=CN1NC=NC(=Nc2cccc(OC)c2)/C1=C(/C)CN1CCC(N)CC1.CC.CNC. The maximum Gasteiger partial charge on any atom is 0.180 e. The average Bonchev–Trinajstić information content (AvgIpc) is 2.82. The quantitative estimate of drug-likeness (QED) is 0.647. The van der Waals surface area contributed by atoms with E-state index in [2.05, 4.69) is 34.1 Å². The van der Waals surface area contributed by atoms with Crippen LogP contribution in [0.1, 0.15) is 33.6 Å². The van der Waals surface area contributed by atoms with Crippen LogP contribution in [0.4, 0.5) is 5.69 Å². The third-order valence-electron chi connectivity index (χ3n) is 4.80. The molecule has 2 aliphatic rings. The number of piperidine rings is 1. The van der Waals surface area contributed by atoms with Crippen molar-refractivity contribution in [3.05, 3.63) is 48.3 Å². The Kier molecular flexibility index (Phi) is 13.0. The summed E-state index contributed by atoms with van der Waals surface area (Å²) in [5.41, 5.74) is 12.0. The van der Waals surface area contributed by atoms with E-state index in [0.717, 1.165) is 49.6 Å². The lowest BCUT2D eigenvalue weighted by Gasteiger charge is -2.33. The molecule has 0 saturated carbocycles. The Morgan fingerprint density at radius 2 is 2.00 bits per heavy atom. The molecule has 32 heavy (non-hydrogen) atoms. The third-order valence-corrected chi connectivity index (χ3v) is 4.80. The summed E-state index contributed by atoms with van der Waals surface area (Å²) in [5, 5.41) is 4.61. The van der Waals surface area contributed by atoms with Gasteiger partial charge < -0.3 is 15.8 Å². The molecule has 0 spiro atoms. The second-order valence-electron chi connectivity index (χ2n) is 7.32. The molecule has 0 bridgehead atoms. The van der Waals surface area contributed by atoms with Crippen LogP contribution < -0.4 is 21.2 Å². The van der Waals surface area contributed by atoms with Crippen molar-refractivity contribution in [3.8, 4) is 5.75 Å². The highest BCUT2D eigenvalue weighted by molar-refractivity contribution is 6.05. The Balaban J connectivity index is 0.000000944. The van der Waals surface area contributed by atoms with Gasteiger partial charge in [0.25, 0.3) is 0 Å². The number of likely N-dealkylation sites (tertiary alicyclic amines) is 1. The molecule has 1 aromatic rings. The summed E-state index contributed by atoms with van der Waals surface area (Å²) < 4.78 is 5.29. The molecule has 8 nitrogen and oxygen atoms in total. The van der Waals surface area contributed by atoms with E-state index in [9.17, 15) is 0 Å². The van der Waals surface area contributed by atoms with E-state index in [1.165, 1.54) is 5.57 Å². The minimum absolute atomic E-state index is 0.324. The van der Waals surface area contributed by atoms with Crippen molar-refractivity contribution >= 4 is 17.9 Å². The molecule has 0 aliphatic carbocycles. The van der Waals surface area contributed by atoms with E-state index in [0.29, 0.717) is 11.9 Å². The lowest BCUT2D eigenvalue weighted by Crippen LogP contribution is -2.42. The number of hydrazine groups is 1. The number of nitrogens with one attached hydrogen (secondary N) is 2. The highest BCUT2D eigenvalue weighted by Gasteiger charge is 2.22. The zero-order valence-electron chi connectivity index (χ0n) is 20.6. The molecule has 178 valence electrons. The van der Waals surface area contributed by atoms with Crippen LogP contribution in [-0.2, 0) is 0 Å². The summed E-state index contributed by atoms with van der Waals surface area (Å²) in [6.07, 6.45) is 5.43. The lowest BCUT2D eigenvalue weighted by molar-refractivity contribution is 0.227. The van der Waals surface area contributed by atoms with Crippen LogP contribution in [0.2, 0.25) is 0 Å². The van der Waals surface area contributed by atoms with Gasteiger partial charge in [0.15, 0.2) is 5.84 Å². The number of benzene rings is 1. The van der Waals surface area contributed by atoms with Gasteiger partial charge in [-0.2, -0.15) is 0 Å². The highest BCUT2D eigenvalue weighted by atomic mass is 16.5. The van der Waals surface area contributed by atoms with Gasteiger partial charge in [0.1, 0.15) is 17.8 Å². The van der Waals surface area contributed by atoms with E-state index in [-0.39, 0.29) is 0 Å². The van der Waals surface area contributed by atoms with E-state index in [4.69, 9.17) is 15.5 Å². The summed E-state index contributed by atoms with van der Waals surface area (Å²) in [7, 11) is 5.40. The van der Waals surface area contributed by atoms with Crippen LogP contribution in [0.25, 0.3) is 0 Å². The number of nitrogens with two attached hydrogens (primary N) is 1. The third kappa shape index (κ3) is 8.45. The molecule has 4 N–H and O–H groups in total. The Hall–Kier alpha value is -2.68. The Bertz CT molecular complexity index is 780. The fourth-order valence-electron chi connectivity index (χ4n) is 3.33. The van der Waals surface area contributed by atoms with E-state index < -0.39 is 0 Å². The number of hydrogen-bond donors (Lipinski definition) is 3. The second-order valence-corrected chi connectivity index (χ2v) is 7.32. The molecule has 1 saturated heterocycles. The van der Waals surface area contributed by atoms with Crippen LogP contribution in [0.5, 0.6) is 5.75 Å². The summed E-state index contributed by atoms with van der Waals surface area (Å²) in [6, 6.07) is 7.97. The summed E-state index contributed by atoms with van der Waals surface area (Å²) in [6.45, 7) is 12.9. The Labute approximate surface area is 193 Å². The largest absolute Gasteiger partial charge is 0.497 e. The van der Waals surface area contributed by atoms with Gasteiger partial charge in [-0.05, 0) is 64.7 Å². The topological polar surface area (TPSA) is 90.5 Å². The fourth-order valence-corrected chi connectivity index (χ4v) is 3.33. The molecular weight excluding hydrogens is 402 g/mol. The first-order valence-electron chi connectivity index (χ1n) is 11.2. The van der Waals surface area contributed by atoms with Gasteiger partial charge in [-0.3, -0.25) is 15.3 Å². The van der Waals surface area contributed by atoms with Crippen LogP contribution in [0.15, 0.2) is 58.3 Å². The van der Waals surface area contributed by atoms with E-state index >= 15 is 0 Å². The minimum Gasteiger partial charge on any atom is -0.497 e. The van der Waals surface area contributed by atoms with Gasteiger partial charge in [-0.1, -0.05) is 26.5 Å². The highest BCUT2D eigenvalue weighted by Crippen LogP contribution is 2.24. The zero-order chi connectivity index (χ0) is 23.9. The number of methoxy groups -OCH3 is 1. The van der Waals surface area contributed by atoms with Crippen molar-refractivity contribution in [1.29, 1.82) is 0 Å². The molecule has 0 radical (unpaired) electrons. The molecular formula is C24H41N7O. The monoisotopic (exact) mass is 443 g/mol. The normalized spacial score (nSPS) is 19.2. The minimum atomic E-state index is 0.324. The first kappa shape index (κ1) is 27.4. The van der Waals surface area contributed by atoms with Crippen LogP contribution >= 0.6 is 0 Å². The maximum absolute atomic E-state index is 6.03. The number of hydrogen-bond acceptors (Lipinski definition) is 7. The van der Waals surface area contributed by atoms with E-state index in [1.807, 2.05) is 57.2 Å². The predicted molar refractivity (Wildman–Crippen MR) is 136 cm³/mol. The zero-order valence-corrected chi connectivity index (χ0v) is 20.6. The smallest absolute Gasteiger partial charge is 0.180 e. The number of aliphatic imine (C=N–C) groups is 2. The number of amidine groups is 1. The van der Waals surface area contributed by atoms with Gasteiger partial charge in [0, 0.05) is 24.9 Å². The number of nitrogens with zero attached hydrogens (tertiary/aromatic N) is 4. The van der Waals surface area contributed by atoms with Crippen LogP contribution in [-0.4, -0.2) is 69.0 Å². The first-order valence-corrected chi connectivity index (χ1v) is 11.2. The lowest BCUT2D eigenvalue weighted by atomic mass is 10.0. The molecule has 0 unspecified atom stereocenters. The molecule has 0 amide bonds. The molecule has 1 fully saturated rings. The summed E-state index contributed by atoms with van der Waals surface area (Å²) >= 11 is 0. The van der Waals surface area contributed by atoms with E-state index in [1.54, 1.807) is 19.6 Å². The second kappa shape index (κ2) is 15.2. The van der Waals surface area contributed by atoms with Crippen molar-refractivity contribution in [2.45, 2.75) is 39.7 Å². The molecule has 2 aliphatic heterocycles. The molecule has 0 atom stereocenters. The first-order chi connectivity index (χ1) is 15.5. The summed E-state index contributed by atoms with van der Waals surface area (Å²) in [4.78, 5) is 11.6. The van der Waals surface area contributed by atoms with Crippen molar-refractivity contribution in [2.75, 3.05) is 40.8 Å². The van der Waals surface area contributed by atoms with Gasteiger partial charge in [0.05, 0.1) is 12.8 Å². The molecule has 8 heteroatoms. The predicted octanol–water partition coefficient (Wildman–Crippen LogP) is 3.28. The molecule has 0 aromatic heterocycles. The van der Waals surface area contributed by atoms with Gasteiger partial charge >= 0.3 is 0 Å². The van der Waals surface area contributed by atoms with Crippen molar-refractivity contribution in [3.63, 3.8) is 0 Å². The standard InChI is InChI=1S/C20H28N6O.C2H7N.C2H6/c1-4-26-19(15(2)13-25-10-8-16(21)9-11-25)20(22-14-23-26)24-17-6-5-7-18(12-17)27-3;1-3-2;1-2/h4-7,12,14,16H,1,8-11,13,21H2,2-3H3,(H,22,23,24);3H,1-2H3;1-2H3/b19-15+;;. The summed E-state index contributed by atoms with van der Waals surface area (Å²) in [5.74, 6) is 1.41.